The highest BCUT2D eigenvalue weighted by Crippen LogP contribution is 2.37. The molecule has 0 aliphatic heterocycles. The van der Waals surface area contributed by atoms with Gasteiger partial charge < -0.3 is 0 Å². The maximum Gasteiger partial charge on any atom is 0.417 e. The van der Waals surface area contributed by atoms with Crippen LogP contribution < -0.4 is 0 Å². The van der Waals surface area contributed by atoms with Crippen molar-refractivity contribution in [2.24, 2.45) is 0 Å². The first-order chi connectivity index (χ1) is 7.23. The fourth-order valence-corrected chi connectivity index (χ4v) is 1.91. The maximum atomic E-state index is 12.6. The first-order valence-corrected chi connectivity index (χ1v) is 5.95. The van der Waals surface area contributed by atoms with Crippen LogP contribution in [0, 0.1) is 0 Å². The smallest absolute Gasteiger partial charge is 0.298 e. The number of halogens is 5. The van der Waals surface area contributed by atoms with Crippen molar-refractivity contribution in [1.82, 2.24) is 0 Å². The van der Waals surface area contributed by atoms with E-state index in [4.69, 9.17) is 0 Å². The lowest BCUT2D eigenvalue weighted by Crippen LogP contribution is -2.08. The van der Waals surface area contributed by atoms with E-state index in [0.717, 1.165) is 6.07 Å². The third kappa shape index (κ3) is 3.07. The van der Waals surface area contributed by atoms with Crippen molar-refractivity contribution in [1.29, 1.82) is 0 Å². The summed E-state index contributed by atoms with van der Waals surface area (Å²) in [7, 11) is 0. The topological polar surface area (TPSA) is 17.1 Å². The van der Waals surface area contributed by atoms with Gasteiger partial charge in [-0.05, 0) is 24.6 Å². The molecule has 0 N–H and O–H groups in total. The standard InChI is InChI=1S/C10H7Br2F3O/c1-5(16)9(12)6-2-3-8(11)7(4-6)10(13,14)15/h2-4,9H,1H3. The van der Waals surface area contributed by atoms with Gasteiger partial charge in [-0.3, -0.25) is 4.79 Å². The molecular formula is C10H7Br2F3O. The highest BCUT2D eigenvalue weighted by molar-refractivity contribution is 9.10. The number of carbonyl (C=O) groups is 1. The number of Topliss-reactive ketones (excluding diaryl/α,β-unsaturated/α-hetero) is 1. The average molecular weight is 360 g/mol. The van der Waals surface area contributed by atoms with E-state index in [1.165, 1.54) is 19.1 Å². The molecule has 0 saturated heterocycles. The van der Waals surface area contributed by atoms with Crippen LogP contribution in [0.1, 0.15) is 22.9 Å². The SMILES string of the molecule is CC(=O)C(Br)c1ccc(Br)c(C(F)(F)F)c1. The zero-order valence-electron chi connectivity index (χ0n) is 8.11. The number of carbonyl (C=O) groups excluding carboxylic acids is 1. The predicted molar refractivity (Wildman–Crippen MR) is 61.5 cm³/mol. The molecule has 1 unspecified atom stereocenters. The van der Waals surface area contributed by atoms with Crippen LogP contribution in [0.4, 0.5) is 13.2 Å². The van der Waals surface area contributed by atoms with Gasteiger partial charge in [0.25, 0.3) is 0 Å². The van der Waals surface area contributed by atoms with Crippen LogP contribution in [0.5, 0.6) is 0 Å². The van der Waals surface area contributed by atoms with Gasteiger partial charge in [0.1, 0.15) is 5.78 Å². The Bertz CT molecular complexity index is 415. The van der Waals surface area contributed by atoms with E-state index in [0.29, 0.717) is 5.56 Å². The fourth-order valence-electron chi connectivity index (χ4n) is 1.15. The lowest BCUT2D eigenvalue weighted by atomic mass is 10.1. The van der Waals surface area contributed by atoms with Gasteiger partial charge in [0, 0.05) is 4.47 Å². The molecular weight excluding hydrogens is 353 g/mol. The Morgan fingerprint density at radius 3 is 2.38 bits per heavy atom. The Balaban J connectivity index is 3.23. The molecule has 0 spiro atoms. The summed E-state index contributed by atoms with van der Waals surface area (Å²) in [6.07, 6.45) is -4.43. The van der Waals surface area contributed by atoms with Crippen molar-refractivity contribution in [3.8, 4) is 0 Å². The first kappa shape index (κ1) is 13.7. The molecule has 0 aliphatic rings. The van der Waals surface area contributed by atoms with E-state index < -0.39 is 16.6 Å². The lowest BCUT2D eigenvalue weighted by molar-refractivity contribution is -0.138. The molecule has 1 aromatic carbocycles. The largest absolute Gasteiger partial charge is 0.417 e. The molecule has 0 radical (unpaired) electrons. The minimum atomic E-state index is -4.43. The Kier molecular flexibility index (Phi) is 4.17. The lowest BCUT2D eigenvalue weighted by Gasteiger charge is -2.13. The molecule has 88 valence electrons. The van der Waals surface area contributed by atoms with E-state index in [9.17, 15) is 18.0 Å². The molecule has 0 aliphatic carbocycles. The summed E-state index contributed by atoms with van der Waals surface area (Å²) >= 11 is 5.88. The van der Waals surface area contributed by atoms with Crippen LogP contribution in [0.25, 0.3) is 0 Å². The second-order valence-corrected chi connectivity index (χ2v) is 4.98. The number of hydrogen-bond donors (Lipinski definition) is 0. The van der Waals surface area contributed by atoms with Crippen molar-refractivity contribution >= 4 is 37.6 Å². The van der Waals surface area contributed by atoms with Crippen molar-refractivity contribution in [2.45, 2.75) is 17.9 Å². The third-order valence-electron chi connectivity index (χ3n) is 1.95. The second-order valence-electron chi connectivity index (χ2n) is 3.21. The minimum Gasteiger partial charge on any atom is -0.298 e. The molecule has 1 atom stereocenters. The Hall–Kier alpha value is -0.360. The van der Waals surface area contributed by atoms with Crippen LogP contribution in [0.15, 0.2) is 22.7 Å². The first-order valence-electron chi connectivity index (χ1n) is 4.24. The van der Waals surface area contributed by atoms with Crippen LogP contribution in [0.3, 0.4) is 0 Å². The molecule has 0 amide bonds. The monoisotopic (exact) mass is 358 g/mol. The van der Waals surface area contributed by atoms with E-state index >= 15 is 0 Å². The van der Waals surface area contributed by atoms with Crippen LogP contribution in [-0.2, 0) is 11.0 Å². The quantitative estimate of drug-likeness (QED) is 0.711. The number of rotatable bonds is 2. The number of alkyl halides is 4. The van der Waals surface area contributed by atoms with E-state index in [-0.39, 0.29) is 10.3 Å². The minimum absolute atomic E-state index is 0.0352. The van der Waals surface area contributed by atoms with Gasteiger partial charge in [-0.15, -0.1) is 0 Å². The molecule has 1 nitrogen and oxygen atoms in total. The summed E-state index contributed by atoms with van der Waals surface area (Å²) in [4.78, 5) is 10.3. The van der Waals surface area contributed by atoms with Crippen molar-refractivity contribution in [2.75, 3.05) is 0 Å². The van der Waals surface area contributed by atoms with E-state index in [1.54, 1.807) is 0 Å². The summed E-state index contributed by atoms with van der Waals surface area (Å²) in [5, 5.41) is 0. The van der Waals surface area contributed by atoms with Crippen molar-refractivity contribution in [3.05, 3.63) is 33.8 Å². The molecule has 6 heteroatoms. The molecule has 0 fully saturated rings. The Labute approximate surface area is 107 Å². The molecule has 1 aromatic rings. The second kappa shape index (κ2) is 4.87. The average Bonchev–Trinajstić information content (AvgIpc) is 2.15. The van der Waals surface area contributed by atoms with Gasteiger partial charge in [-0.2, -0.15) is 13.2 Å². The van der Waals surface area contributed by atoms with Crippen LogP contribution in [0.2, 0.25) is 0 Å². The third-order valence-corrected chi connectivity index (χ3v) is 3.81. The Morgan fingerprint density at radius 1 is 1.38 bits per heavy atom. The van der Waals surface area contributed by atoms with Gasteiger partial charge in [0.2, 0.25) is 0 Å². The summed E-state index contributed by atoms with van der Waals surface area (Å²) in [5.74, 6) is -0.240. The Morgan fingerprint density at radius 2 is 1.94 bits per heavy atom. The van der Waals surface area contributed by atoms with Crippen LogP contribution >= 0.6 is 31.9 Å². The molecule has 0 heterocycles. The highest BCUT2D eigenvalue weighted by Gasteiger charge is 2.33. The molecule has 16 heavy (non-hydrogen) atoms. The molecule has 0 saturated carbocycles. The summed E-state index contributed by atoms with van der Waals surface area (Å²) in [6, 6.07) is 3.72. The number of ketones is 1. The summed E-state index contributed by atoms with van der Waals surface area (Å²) in [5.41, 5.74) is -0.487. The van der Waals surface area contributed by atoms with Crippen molar-refractivity contribution < 1.29 is 18.0 Å². The summed E-state index contributed by atoms with van der Waals surface area (Å²) < 4.78 is 37.7. The molecule has 0 bridgehead atoms. The zero-order valence-corrected chi connectivity index (χ0v) is 11.3. The van der Waals surface area contributed by atoms with Gasteiger partial charge in [-0.25, -0.2) is 0 Å². The van der Waals surface area contributed by atoms with Gasteiger partial charge in [-0.1, -0.05) is 37.9 Å². The molecule has 1 rings (SSSR count). The van der Waals surface area contributed by atoms with Gasteiger partial charge in [0.05, 0.1) is 10.4 Å². The highest BCUT2D eigenvalue weighted by atomic mass is 79.9. The van der Waals surface area contributed by atoms with Crippen LogP contribution in [-0.4, -0.2) is 5.78 Å². The van der Waals surface area contributed by atoms with E-state index in [2.05, 4.69) is 31.9 Å². The van der Waals surface area contributed by atoms with Gasteiger partial charge >= 0.3 is 6.18 Å². The normalized spacial score (nSPS) is 13.6. The number of benzene rings is 1. The maximum absolute atomic E-state index is 12.6. The van der Waals surface area contributed by atoms with E-state index in [1.807, 2.05) is 0 Å². The summed E-state index contributed by atoms with van der Waals surface area (Å²) in [6.45, 7) is 1.31. The zero-order chi connectivity index (χ0) is 12.5. The van der Waals surface area contributed by atoms with Gasteiger partial charge in [0.15, 0.2) is 0 Å². The fraction of sp³-hybridized carbons (Fsp3) is 0.300. The molecule has 0 aromatic heterocycles. The number of hydrogen-bond acceptors (Lipinski definition) is 1. The predicted octanol–water partition coefficient (Wildman–Crippen LogP) is 4.49. The van der Waals surface area contributed by atoms with Crippen molar-refractivity contribution in [3.63, 3.8) is 0 Å².